The van der Waals surface area contributed by atoms with Crippen molar-refractivity contribution in [2.45, 2.75) is 12.6 Å². The van der Waals surface area contributed by atoms with Crippen LogP contribution in [0.4, 0.5) is 29.3 Å². The number of rotatable bonds is 2. The molecule has 2 N–H and O–H groups in total. The summed E-state index contributed by atoms with van der Waals surface area (Å²) < 4.78 is 40.5. The maximum absolute atomic E-state index is 13.5. The number of piperazine rings is 1. The SMILES string of the molecule is O=C1CCN(c2ccc(N3CCNCC3)cc2C(F)(F)F)C(=O)N1. The van der Waals surface area contributed by atoms with Gasteiger partial charge in [0.15, 0.2) is 0 Å². The van der Waals surface area contributed by atoms with Gasteiger partial charge in [-0.1, -0.05) is 0 Å². The highest BCUT2D eigenvalue weighted by Gasteiger charge is 2.38. The van der Waals surface area contributed by atoms with Crippen molar-refractivity contribution in [2.75, 3.05) is 42.5 Å². The molecule has 2 fully saturated rings. The van der Waals surface area contributed by atoms with Gasteiger partial charge in [-0.15, -0.1) is 0 Å². The molecule has 0 aromatic heterocycles. The summed E-state index contributed by atoms with van der Waals surface area (Å²) in [5, 5.41) is 5.19. The fourth-order valence-corrected chi connectivity index (χ4v) is 2.90. The summed E-state index contributed by atoms with van der Waals surface area (Å²) in [5.41, 5.74) is -0.629. The fraction of sp³-hybridized carbons (Fsp3) is 0.467. The van der Waals surface area contributed by atoms with Gasteiger partial charge in [-0.25, -0.2) is 4.79 Å². The van der Waals surface area contributed by atoms with Crippen LogP contribution in [0.1, 0.15) is 12.0 Å². The maximum Gasteiger partial charge on any atom is 0.418 e. The van der Waals surface area contributed by atoms with Gasteiger partial charge in [0.1, 0.15) is 0 Å². The first-order valence-corrected chi connectivity index (χ1v) is 7.64. The number of carbonyl (C=O) groups excluding carboxylic acids is 2. The summed E-state index contributed by atoms with van der Waals surface area (Å²) in [6.07, 6.45) is -4.62. The molecule has 0 spiro atoms. The van der Waals surface area contributed by atoms with Crippen LogP contribution in [0.3, 0.4) is 0 Å². The highest BCUT2D eigenvalue weighted by molar-refractivity contribution is 6.06. The molecule has 9 heteroatoms. The molecule has 0 bridgehead atoms. The molecular weight excluding hydrogens is 325 g/mol. The van der Waals surface area contributed by atoms with Gasteiger partial charge in [0.2, 0.25) is 5.91 Å². The first kappa shape index (κ1) is 16.6. The van der Waals surface area contributed by atoms with E-state index < -0.39 is 23.7 Å². The minimum absolute atomic E-state index is 0.0252. The number of carbonyl (C=O) groups is 2. The molecule has 0 unspecified atom stereocenters. The van der Waals surface area contributed by atoms with Crippen molar-refractivity contribution in [1.29, 1.82) is 0 Å². The molecule has 0 saturated carbocycles. The number of benzene rings is 1. The van der Waals surface area contributed by atoms with E-state index in [1.807, 2.05) is 10.2 Å². The van der Waals surface area contributed by atoms with Gasteiger partial charge < -0.3 is 10.2 Å². The molecule has 2 aliphatic heterocycles. The van der Waals surface area contributed by atoms with Gasteiger partial charge in [0.25, 0.3) is 0 Å². The zero-order valence-corrected chi connectivity index (χ0v) is 12.8. The number of nitrogens with zero attached hydrogens (tertiary/aromatic N) is 2. The van der Waals surface area contributed by atoms with E-state index in [4.69, 9.17) is 0 Å². The Kier molecular flexibility index (Phi) is 4.35. The zero-order valence-electron chi connectivity index (χ0n) is 12.8. The van der Waals surface area contributed by atoms with E-state index in [9.17, 15) is 22.8 Å². The molecule has 2 aliphatic rings. The van der Waals surface area contributed by atoms with E-state index in [1.54, 1.807) is 6.07 Å². The van der Waals surface area contributed by atoms with Gasteiger partial charge in [-0.2, -0.15) is 13.2 Å². The first-order chi connectivity index (χ1) is 11.4. The van der Waals surface area contributed by atoms with Crippen molar-refractivity contribution in [1.82, 2.24) is 10.6 Å². The molecule has 1 aromatic rings. The second kappa shape index (κ2) is 6.31. The van der Waals surface area contributed by atoms with Crippen molar-refractivity contribution < 1.29 is 22.8 Å². The van der Waals surface area contributed by atoms with Crippen LogP contribution in [-0.2, 0) is 11.0 Å². The average Bonchev–Trinajstić information content (AvgIpc) is 2.54. The summed E-state index contributed by atoms with van der Waals surface area (Å²) in [4.78, 5) is 25.9. The van der Waals surface area contributed by atoms with E-state index in [2.05, 4.69) is 5.32 Å². The molecule has 2 saturated heterocycles. The van der Waals surface area contributed by atoms with E-state index in [1.165, 1.54) is 6.07 Å². The molecule has 0 aliphatic carbocycles. The van der Waals surface area contributed by atoms with Gasteiger partial charge in [0.05, 0.1) is 11.3 Å². The van der Waals surface area contributed by atoms with E-state index in [-0.39, 0.29) is 18.7 Å². The van der Waals surface area contributed by atoms with Crippen LogP contribution in [0.15, 0.2) is 18.2 Å². The topological polar surface area (TPSA) is 64.7 Å². The number of alkyl halides is 3. The molecule has 6 nitrogen and oxygen atoms in total. The molecular formula is C15H17F3N4O2. The number of halogens is 3. The van der Waals surface area contributed by atoms with Crippen molar-refractivity contribution in [3.63, 3.8) is 0 Å². The third kappa shape index (κ3) is 3.30. The Morgan fingerprint density at radius 3 is 2.38 bits per heavy atom. The lowest BCUT2D eigenvalue weighted by Gasteiger charge is -2.32. The first-order valence-electron chi connectivity index (χ1n) is 7.64. The number of amides is 3. The number of imide groups is 1. The summed E-state index contributed by atoms with van der Waals surface area (Å²) in [6.45, 7) is 2.59. The van der Waals surface area contributed by atoms with Crippen LogP contribution >= 0.6 is 0 Å². The highest BCUT2D eigenvalue weighted by atomic mass is 19.4. The van der Waals surface area contributed by atoms with Crippen LogP contribution in [0.25, 0.3) is 0 Å². The Morgan fingerprint density at radius 1 is 1.04 bits per heavy atom. The van der Waals surface area contributed by atoms with E-state index in [0.29, 0.717) is 31.9 Å². The Hall–Kier alpha value is -2.29. The summed E-state index contributed by atoms with van der Waals surface area (Å²) >= 11 is 0. The Morgan fingerprint density at radius 2 is 1.75 bits per heavy atom. The van der Waals surface area contributed by atoms with Crippen molar-refractivity contribution in [3.8, 4) is 0 Å². The predicted molar refractivity (Wildman–Crippen MR) is 82.0 cm³/mol. The van der Waals surface area contributed by atoms with Crippen LogP contribution in [0.2, 0.25) is 0 Å². The van der Waals surface area contributed by atoms with Crippen LogP contribution in [0.5, 0.6) is 0 Å². The van der Waals surface area contributed by atoms with Gasteiger partial charge in [0, 0.05) is 44.8 Å². The number of nitrogens with one attached hydrogen (secondary N) is 2. The summed E-state index contributed by atoms with van der Waals surface area (Å²) in [7, 11) is 0. The molecule has 3 rings (SSSR count). The van der Waals surface area contributed by atoms with Crippen molar-refractivity contribution in [2.24, 2.45) is 0 Å². The number of hydrogen-bond donors (Lipinski definition) is 2. The normalized spacial score (nSPS) is 19.5. The molecule has 24 heavy (non-hydrogen) atoms. The molecule has 2 heterocycles. The van der Waals surface area contributed by atoms with Crippen LogP contribution in [0, 0.1) is 0 Å². The lowest BCUT2D eigenvalue weighted by Crippen LogP contribution is -2.50. The third-order valence-corrected chi connectivity index (χ3v) is 4.11. The Labute approximate surface area is 136 Å². The molecule has 130 valence electrons. The van der Waals surface area contributed by atoms with Gasteiger partial charge in [-0.05, 0) is 18.2 Å². The second-order valence-corrected chi connectivity index (χ2v) is 5.69. The van der Waals surface area contributed by atoms with Gasteiger partial charge >= 0.3 is 12.2 Å². The third-order valence-electron chi connectivity index (χ3n) is 4.11. The molecule has 0 atom stereocenters. The monoisotopic (exact) mass is 342 g/mol. The molecule has 1 aromatic carbocycles. The Balaban J connectivity index is 1.96. The minimum atomic E-state index is -4.60. The number of anilines is 2. The summed E-state index contributed by atoms with van der Waals surface area (Å²) in [6, 6.07) is 3.13. The van der Waals surface area contributed by atoms with Crippen LogP contribution < -0.4 is 20.4 Å². The largest absolute Gasteiger partial charge is 0.418 e. The standard InChI is InChI=1S/C15H17F3N4O2/c16-15(17,18)11-9-10(21-7-4-19-5-8-21)1-2-12(11)22-6-3-13(23)20-14(22)24/h1-2,9,19H,3-8H2,(H,20,23,24). The smallest absolute Gasteiger partial charge is 0.369 e. The molecule has 0 radical (unpaired) electrons. The predicted octanol–water partition coefficient (Wildman–Crippen LogP) is 1.56. The second-order valence-electron chi connectivity index (χ2n) is 5.69. The van der Waals surface area contributed by atoms with Crippen molar-refractivity contribution >= 4 is 23.3 Å². The average molecular weight is 342 g/mol. The van der Waals surface area contributed by atoms with E-state index >= 15 is 0 Å². The van der Waals surface area contributed by atoms with Crippen molar-refractivity contribution in [3.05, 3.63) is 23.8 Å². The Bertz CT molecular complexity index is 657. The summed E-state index contributed by atoms with van der Waals surface area (Å²) in [5.74, 6) is -0.484. The highest BCUT2D eigenvalue weighted by Crippen LogP contribution is 2.39. The quantitative estimate of drug-likeness (QED) is 0.856. The van der Waals surface area contributed by atoms with Gasteiger partial charge in [-0.3, -0.25) is 15.0 Å². The maximum atomic E-state index is 13.5. The minimum Gasteiger partial charge on any atom is -0.369 e. The molecule has 3 amide bonds. The lowest BCUT2D eigenvalue weighted by atomic mass is 10.1. The number of urea groups is 1. The van der Waals surface area contributed by atoms with E-state index in [0.717, 1.165) is 11.0 Å². The van der Waals surface area contributed by atoms with Crippen LogP contribution in [-0.4, -0.2) is 44.7 Å². The fourth-order valence-electron chi connectivity index (χ4n) is 2.90. The number of hydrogen-bond acceptors (Lipinski definition) is 4. The zero-order chi connectivity index (χ0) is 17.3. The lowest BCUT2D eigenvalue weighted by molar-refractivity contribution is -0.137.